The summed E-state index contributed by atoms with van der Waals surface area (Å²) in [6.07, 6.45) is 8.62. The third-order valence-corrected chi connectivity index (χ3v) is 9.50. The molecule has 0 saturated heterocycles. The van der Waals surface area contributed by atoms with Crippen molar-refractivity contribution in [1.82, 2.24) is 24.5 Å². The summed E-state index contributed by atoms with van der Waals surface area (Å²) in [5.74, 6) is 0. The van der Waals surface area contributed by atoms with E-state index in [4.69, 9.17) is 5.73 Å². The minimum atomic E-state index is -0.292. The molecule has 0 saturated carbocycles. The minimum Gasteiger partial charge on any atom is -0.397 e. The number of rotatable bonds is 10. The van der Waals surface area contributed by atoms with Crippen molar-refractivity contribution in [3.63, 3.8) is 0 Å². The highest BCUT2D eigenvalue weighted by Crippen LogP contribution is 2.44. The van der Waals surface area contributed by atoms with E-state index in [-0.39, 0.29) is 22.4 Å². The van der Waals surface area contributed by atoms with Crippen molar-refractivity contribution in [1.29, 1.82) is 10.5 Å². The molecule has 0 aliphatic carbocycles. The molecule has 0 spiro atoms. The van der Waals surface area contributed by atoms with Crippen LogP contribution >= 0.6 is 22.7 Å². The van der Waals surface area contributed by atoms with E-state index >= 15 is 0 Å². The summed E-state index contributed by atoms with van der Waals surface area (Å²) >= 11 is 2.93. The number of nitrogens with two attached hydrogens (primary N) is 1. The highest BCUT2D eigenvalue weighted by atomic mass is 32.1. The Hall–Kier alpha value is -5.10. The predicted molar refractivity (Wildman–Crippen MR) is 175 cm³/mol. The summed E-state index contributed by atoms with van der Waals surface area (Å²) < 4.78 is 3.10. The highest BCUT2D eigenvalue weighted by Gasteiger charge is 2.29. The fraction of sp³-hybridized carbons (Fsp3) is 0.212. The zero-order valence-electron chi connectivity index (χ0n) is 24.0. The van der Waals surface area contributed by atoms with E-state index in [0.29, 0.717) is 39.3 Å². The van der Waals surface area contributed by atoms with Crippen molar-refractivity contribution in [2.45, 2.75) is 45.6 Å². The van der Waals surface area contributed by atoms with Gasteiger partial charge in [-0.25, -0.2) is 9.67 Å². The topological polar surface area (TPSA) is 139 Å². The molecule has 2 aromatic carbocycles. The highest BCUT2D eigenvalue weighted by molar-refractivity contribution is 7.18. The number of aryl methyl sites for hydroxylation is 1. The van der Waals surface area contributed by atoms with Gasteiger partial charge >= 0.3 is 0 Å². The molecule has 218 valence electrons. The third-order valence-electron chi connectivity index (χ3n) is 7.51. The largest absolute Gasteiger partial charge is 0.397 e. The van der Waals surface area contributed by atoms with E-state index in [0.717, 1.165) is 41.0 Å². The summed E-state index contributed by atoms with van der Waals surface area (Å²) in [6.45, 7) is 2.64. The second-order valence-electron chi connectivity index (χ2n) is 10.4. The molecule has 44 heavy (non-hydrogen) atoms. The Kier molecular flexibility index (Phi) is 8.33. The summed E-state index contributed by atoms with van der Waals surface area (Å²) in [4.78, 5) is 21.4. The van der Waals surface area contributed by atoms with Crippen LogP contribution in [-0.2, 0) is 13.0 Å². The zero-order valence-corrected chi connectivity index (χ0v) is 25.7. The number of hydrogen-bond acceptors (Lipinski definition) is 9. The maximum Gasteiger partial charge on any atom is 0.266 e. The lowest BCUT2D eigenvalue weighted by atomic mass is 9.91. The number of nitrogens with zero attached hydrogens (tertiary/aromatic N) is 7. The lowest BCUT2D eigenvalue weighted by Crippen LogP contribution is -2.21. The molecule has 6 rings (SSSR count). The molecule has 0 aliphatic rings. The van der Waals surface area contributed by atoms with Gasteiger partial charge in [0.15, 0.2) is 0 Å². The fourth-order valence-corrected chi connectivity index (χ4v) is 7.19. The Labute approximate surface area is 262 Å². The van der Waals surface area contributed by atoms with Crippen molar-refractivity contribution >= 4 is 38.6 Å². The Morgan fingerprint density at radius 2 is 1.80 bits per heavy atom. The number of nitrogen functional groups attached to an aromatic ring is 1. The minimum absolute atomic E-state index is 0.0294. The maximum atomic E-state index is 14.2. The number of nitriles is 2. The Morgan fingerprint density at radius 1 is 1.00 bits per heavy atom. The van der Waals surface area contributed by atoms with Crippen molar-refractivity contribution in [2.75, 3.05) is 5.73 Å². The summed E-state index contributed by atoms with van der Waals surface area (Å²) in [5, 5.41) is 31.9. The van der Waals surface area contributed by atoms with Gasteiger partial charge in [0.2, 0.25) is 0 Å². The van der Waals surface area contributed by atoms with E-state index in [2.05, 4.69) is 34.4 Å². The molecule has 9 nitrogen and oxygen atoms in total. The molecule has 4 heterocycles. The van der Waals surface area contributed by atoms with Gasteiger partial charge in [0.25, 0.3) is 5.56 Å². The molecule has 2 N–H and O–H groups in total. The number of unbranched alkanes of at least 4 members (excludes halogenated alkanes) is 3. The summed E-state index contributed by atoms with van der Waals surface area (Å²) in [7, 11) is 0. The molecule has 0 aliphatic heterocycles. The van der Waals surface area contributed by atoms with Crippen molar-refractivity contribution in [2.24, 2.45) is 0 Å². The lowest BCUT2D eigenvalue weighted by Gasteiger charge is -2.19. The van der Waals surface area contributed by atoms with Crippen LogP contribution in [0.3, 0.4) is 0 Å². The van der Waals surface area contributed by atoms with Crippen LogP contribution in [0.4, 0.5) is 5.69 Å². The van der Waals surface area contributed by atoms with E-state index in [1.807, 2.05) is 53.9 Å². The smallest absolute Gasteiger partial charge is 0.266 e. The lowest BCUT2D eigenvalue weighted by molar-refractivity contribution is 0.650. The van der Waals surface area contributed by atoms with Gasteiger partial charge in [-0.3, -0.25) is 9.36 Å². The van der Waals surface area contributed by atoms with Gasteiger partial charge in [-0.1, -0.05) is 67.8 Å². The number of anilines is 1. The van der Waals surface area contributed by atoms with Crippen LogP contribution in [0, 0.1) is 22.7 Å². The number of benzene rings is 2. The van der Waals surface area contributed by atoms with Crippen molar-refractivity contribution in [3.05, 3.63) is 98.4 Å². The molecule has 0 radical (unpaired) electrons. The first-order valence-corrected chi connectivity index (χ1v) is 16.0. The average molecular weight is 617 g/mol. The van der Waals surface area contributed by atoms with Crippen LogP contribution in [0.25, 0.3) is 37.6 Å². The Balaban J connectivity index is 1.59. The number of thiophene rings is 2. The number of fused-ring (bicyclic) bond motifs is 1. The molecular formula is C33H28N8OS2. The van der Waals surface area contributed by atoms with Crippen LogP contribution < -0.4 is 11.3 Å². The van der Waals surface area contributed by atoms with E-state index in [1.165, 1.54) is 40.0 Å². The molecule has 0 amide bonds. The van der Waals surface area contributed by atoms with Crippen molar-refractivity contribution < 1.29 is 0 Å². The van der Waals surface area contributed by atoms with Gasteiger partial charge in [0.1, 0.15) is 29.0 Å². The first-order valence-electron chi connectivity index (χ1n) is 14.3. The number of hydrogen-bond donors (Lipinski definition) is 1. The van der Waals surface area contributed by atoms with Gasteiger partial charge in [0.05, 0.1) is 40.6 Å². The molecule has 11 heteroatoms. The molecule has 0 atom stereocenters. The van der Waals surface area contributed by atoms with Crippen LogP contribution in [0.2, 0.25) is 0 Å². The SMILES string of the molecule is CCCCCCc1cc2c(=O)n(-c3c(-c4cn(Cc5ccccc5)nn4)c(C#N)c(N)c(C#N)c3-c3cccs3)cnc2s1. The van der Waals surface area contributed by atoms with Crippen LogP contribution in [0.5, 0.6) is 0 Å². The first kappa shape index (κ1) is 29.0. The Bertz CT molecular complexity index is 2090. The van der Waals surface area contributed by atoms with Crippen LogP contribution in [-0.4, -0.2) is 24.5 Å². The molecule has 4 aromatic heterocycles. The molecule has 0 bridgehead atoms. The van der Waals surface area contributed by atoms with E-state index in [1.54, 1.807) is 10.9 Å². The quantitative estimate of drug-likeness (QED) is 0.130. The maximum absolute atomic E-state index is 14.2. The molecule has 0 fully saturated rings. The Morgan fingerprint density at radius 3 is 2.52 bits per heavy atom. The normalized spacial score (nSPS) is 11.1. The van der Waals surface area contributed by atoms with Crippen molar-refractivity contribution in [3.8, 4) is 39.5 Å². The number of aromatic nitrogens is 5. The summed E-state index contributed by atoms with van der Waals surface area (Å²) in [6, 6.07) is 19.9. The predicted octanol–water partition coefficient (Wildman–Crippen LogP) is 6.93. The van der Waals surface area contributed by atoms with Gasteiger partial charge in [0, 0.05) is 20.9 Å². The van der Waals surface area contributed by atoms with Crippen LogP contribution in [0.15, 0.2) is 71.2 Å². The van der Waals surface area contributed by atoms with E-state index in [9.17, 15) is 15.3 Å². The van der Waals surface area contributed by atoms with Crippen LogP contribution in [0.1, 0.15) is 54.2 Å². The second-order valence-corrected chi connectivity index (χ2v) is 12.5. The van der Waals surface area contributed by atoms with Gasteiger partial charge in [-0.15, -0.1) is 27.8 Å². The molecule has 6 aromatic rings. The van der Waals surface area contributed by atoms with Gasteiger partial charge in [-0.2, -0.15) is 10.5 Å². The second kappa shape index (κ2) is 12.6. The standard InChI is InChI=1S/C33H28N8OS2/c1-2-3-4-8-12-22-15-23-32(44-22)37-20-41(33(23)42)31-28(26-19-40(39-38-26)18-21-10-6-5-7-11-21)24(16-34)30(36)25(17-35)29(31)27-13-9-14-43-27/h5-7,9-11,13-15,19-20H,2-4,8,12,18,36H2,1H3. The average Bonchev–Trinajstić information content (AvgIpc) is 3.82. The first-order chi connectivity index (χ1) is 21.5. The molecular weight excluding hydrogens is 589 g/mol. The van der Waals surface area contributed by atoms with Gasteiger partial charge < -0.3 is 5.73 Å². The molecule has 0 unspecified atom stereocenters. The zero-order chi connectivity index (χ0) is 30.6. The third kappa shape index (κ3) is 5.39. The fourth-order valence-electron chi connectivity index (χ4n) is 5.38. The van der Waals surface area contributed by atoms with Gasteiger partial charge in [-0.05, 0) is 35.9 Å². The summed E-state index contributed by atoms with van der Waals surface area (Å²) in [5.41, 5.74) is 8.92. The van der Waals surface area contributed by atoms with E-state index < -0.39 is 0 Å². The monoisotopic (exact) mass is 616 g/mol.